The molecule has 2 amide bonds. The molecule has 0 aromatic heterocycles. The number of hydrogen-bond acceptors (Lipinski definition) is 2. The number of nitrogens with zero attached hydrogens (tertiary/aromatic N) is 1. The van der Waals surface area contributed by atoms with E-state index in [9.17, 15) is 4.79 Å². The molecule has 0 aliphatic carbocycles. The lowest BCUT2D eigenvalue weighted by molar-refractivity contribution is 0.148. The lowest BCUT2D eigenvalue weighted by Gasteiger charge is -2.37. The molecular formula is C12H25N3O. The molecule has 16 heavy (non-hydrogen) atoms. The summed E-state index contributed by atoms with van der Waals surface area (Å²) in [6.45, 7) is 6.88. The van der Waals surface area contributed by atoms with Crippen molar-refractivity contribution in [3.63, 3.8) is 0 Å². The number of carbonyl (C=O) groups excluding carboxylic acids is 1. The topological polar surface area (TPSA) is 58.4 Å². The van der Waals surface area contributed by atoms with E-state index in [1.807, 2.05) is 0 Å². The maximum Gasteiger partial charge on any atom is 0.314 e. The van der Waals surface area contributed by atoms with E-state index in [-0.39, 0.29) is 6.03 Å². The van der Waals surface area contributed by atoms with Crippen molar-refractivity contribution < 1.29 is 4.79 Å². The van der Waals surface area contributed by atoms with Crippen LogP contribution in [0.3, 0.4) is 0 Å². The van der Waals surface area contributed by atoms with Crippen LogP contribution >= 0.6 is 0 Å². The monoisotopic (exact) mass is 227 g/mol. The van der Waals surface area contributed by atoms with E-state index in [1.165, 1.54) is 25.7 Å². The van der Waals surface area contributed by atoms with E-state index >= 15 is 0 Å². The number of urea groups is 1. The Morgan fingerprint density at radius 2 is 2.19 bits per heavy atom. The minimum absolute atomic E-state index is 0.274. The van der Waals surface area contributed by atoms with E-state index in [2.05, 4.69) is 19.2 Å². The first-order valence-corrected chi connectivity index (χ1v) is 6.45. The summed E-state index contributed by atoms with van der Waals surface area (Å²) >= 11 is 0. The molecule has 1 rings (SSSR count). The van der Waals surface area contributed by atoms with Crippen molar-refractivity contribution in [3.8, 4) is 0 Å². The Kier molecular flexibility index (Phi) is 5.60. The normalized spacial score (nSPS) is 25.8. The molecule has 0 aromatic carbocycles. The summed E-state index contributed by atoms with van der Waals surface area (Å²) in [5.41, 5.74) is 5.38. The van der Waals surface area contributed by atoms with E-state index < -0.39 is 0 Å². The van der Waals surface area contributed by atoms with Crippen LogP contribution in [0.15, 0.2) is 0 Å². The van der Waals surface area contributed by atoms with Gasteiger partial charge in [-0.15, -0.1) is 0 Å². The summed E-state index contributed by atoms with van der Waals surface area (Å²) < 4.78 is 0. The van der Waals surface area contributed by atoms with Crippen LogP contribution in [-0.4, -0.2) is 36.6 Å². The number of hydrogen-bond donors (Lipinski definition) is 2. The number of piperidine rings is 1. The quantitative estimate of drug-likeness (QED) is 0.748. The van der Waals surface area contributed by atoms with Gasteiger partial charge in [0.2, 0.25) is 0 Å². The first-order chi connectivity index (χ1) is 7.67. The van der Waals surface area contributed by atoms with Gasteiger partial charge in [-0.25, -0.2) is 4.79 Å². The van der Waals surface area contributed by atoms with Crippen molar-refractivity contribution in [1.29, 1.82) is 0 Å². The molecule has 1 aliphatic rings. The Balaban J connectivity index is 2.48. The van der Waals surface area contributed by atoms with Crippen LogP contribution < -0.4 is 11.1 Å². The fourth-order valence-electron chi connectivity index (χ4n) is 2.52. The predicted octanol–water partition coefficient (Wildman–Crippen LogP) is 1.56. The maximum absolute atomic E-state index is 11.2. The SMILES string of the molecule is CCCCC1CC(NCC)CN(C(N)=O)C1. The fraction of sp³-hybridized carbons (Fsp3) is 0.917. The average molecular weight is 227 g/mol. The van der Waals surface area contributed by atoms with Gasteiger partial charge in [0.25, 0.3) is 0 Å². The molecule has 94 valence electrons. The third kappa shape index (κ3) is 4.00. The second-order valence-corrected chi connectivity index (χ2v) is 4.74. The van der Waals surface area contributed by atoms with Gasteiger partial charge in [-0.2, -0.15) is 0 Å². The van der Waals surface area contributed by atoms with Gasteiger partial charge >= 0.3 is 6.03 Å². The second kappa shape index (κ2) is 6.74. The molecule has 0 radical (unpaired) electrons. The summed E-state index contributed by atoms with van der Waals surface area (Å²) in [5, 5.41) is 3.43. The van der Waals surface area contributed by atoms with Crippen molar-refractivity contribution in [2.75, 3.05) is 19.6 Å². The number of amides is 2. The Labute approximate surface area is 98.6 Å². The average Bonchev–Trinajstić information content (AvgIpc) is 2.26. The van der Waals surface area contributed by atoms with Crippen molar-refractivity contribution >= 4 is 6.03 Å². The minimum atomic E-state index is -0.274. The van der Waals surface area contributed by atoms with Gasteiger partial charge in [0.1, 0.15) is 0 Å². The zero-order valence-electron chi connectivity index (χ0n) is 10.5. The molecule has 1 fully saturated rings. The van der Waals surface area contributed by atoms with Crippen molar-refractivity contribution in [2.45, 2.75) is 45.6 Å². The maximum atomic E-state index is 11.2. The van der Waals surface area contributed by atoms with Crippen LogP contribution in [0.5, 0.6) is 0 Å². The molecule has 0 spiro atoms. The molecule has 4 heteroatoms. The first-order valence-electron chi connectivity index (χ1n) is 6.45. The summed E-state index contributed by atoms with van der Waals surface area (Å²) in [6, 6.07) is 0.150. The number of rotatable bonds is 5. The molecule has 4 nitrogen and oxygen atoms in total. The molecule has 0 bridgehead atoms. The molecule has 2 unspecified atom stereocenters. The minimum Gasteiger partial charge on any atom is -0.351 e. The van der Waals surface area contributed by atoms with Crippen LogP contribution in [0, 0.1) is 5.92 Å². The Bertz CT molecular complexity index is 220. The molecule has 0 aromatic rings. The van der Waals surface area contributed by atoms with Crippen LogP contribution in [0.25, 0.3) is 0 Å². The summed E-state index contributed by atoms with van der Waals surface area (Å²) in [5.74, 6) is 0.616. The summed E-state index contributed by atoms with van der Waals surface area (Å²) in [6.07, 6.45) is 4.86. The molecule has 3 N–H and O–H groups in total. The Morgan fingerprint density at radius 1 is 1.44 bits per heavy atom. The number of carbonyl (C=O) groups is 1. The molecule has 2 atom stereocenters. The highest BCUT2D eigenvalue weighted by molar-refractivity contribution is 5.72. The van der Waals surface area contributed by atoms with Crippen LogP contribution in [0.4, 0.5) is 4.79 Å². The van der Waals surface area contributed by atoms with Gasteiger partial charge in [-0.1, -0.05) is 26.7 Å². The summed E-state index contributed by atoms with van der Waals surface area (Å²) in [7, 11) is 0. The van der Waals surface area contributed by atoms with E-state index in [0.29, 0.717) is 12.0 Å². The largest absolute Gasteiger partial charge is 0.351 e. The molecule has 1 aliphatic heterocycles. The number of likely N-dealkylation sites (N-methyl/N-ethyl adjacent to an activating group) is 1. The van der Waals surface area contributed by atoms with Gasteiger partial charge in [-0.05, 0) is 25.3 Å². The number of nitrogens with one attached hydrogen (secondary N) is 1. The number of likely N-dealkylation sites (tertiary alicyclic amines) is 1. The fourth-order valence-corrected chi connectivity index (χ4v) is 2.52. The van der Waals surface area contributed by atoms with Crippen LogP contribution in [0.2, 0.25) is 0 Å². The number of nitrogens with two attached hydrogens (primary N) is 1. The van der Waals surface area contributed by atoms with Crippen molar-refractivity contribution in [3.05, 3.63) is 0 Å². The number of unbranched alkanes of at least 4 members (excludes halogenated alkanes) is 1. The van der Waals surface area contributed by atoms with Gasteiger partial charge < -0.3 is 16.0 Å². The molecule has 1 saturated heterocycles. The van der Waals surface area contributed by atoms with E-state index in [4.69, 9.17) is 5.73 Å². The first kappa shape index (κ1) is 13.3. The van der Waals surface area contributed by atoms with Gasteiger partial charge in [0, 0.05) is 19.1 Å². The zero-order valence-corrected chi connectivity index (χ0v) is 10.5. The highest BCUT2D eigenvalue weighted by Gasteiger charge is 2.27. The lowest BCUT2D eigenvalue weighted by Crippen LogP contribution is -2.52. The Morgan fingerprint density at radius 3 is 2.75 bits per heavy atom. The Hall–Kier alpha value is -0.770. The molecule has 0 saturated carbocycles. The third-order valence-corrected chi connectivity index (χ3v) is 3.31. The predicted molar refractivity (Wildman–Crippen MR) is 66.3 cm³/mol. The van der Waals surface area contributed by atoms with E-state index in [1.54, 1.807) is 4.90 Å². The van der Waals surface area contributed by atoms with Crippen LogP contribution in [0.1, 0.15) is 39.5 Å². The van der Waals surface area contributed by atoms with Crippen molar-refractivity contribution in [2.24, 2.45) is 11.7 Å². The summed E-state index contributed by atoms with van der Waals surface area (Å²) in [4.78, 5) is 13.0. The van der Waals surface area contributed by atoms with Crippen molar-refractivity contribution in [1.82, 2.24) is 10.2 Å². The smallest absolute Gasteiger partial charge is 0.314 e. The molecule has 1 heterocycles. The van der Waals surface area contributed by atoms with Gasteiger partial charge in [0.15, 0.2) is 0 Å². The van der Waals surface area contributed by atoms with Gasteiger partial charge in [-0.3, -0.25) is 0 Å². The number of primary amides is 1. The highest BCUT2D eigenvalue weighted by atomic mass is 16.2. The standard InChI is InChI=1S/C12H25N3O/c1-3-5-6-10-7-11(14-4-2)9-15(8-10)12(13)16/h10-11,14H,3-9H2,1-2H3,(H2,13,16). The van der Waals surface area contributed by atoms with E-state index in [0.717, 1.165) is 19.6 Å². The lowest BCUT2D eigenvalue weighted by atomic mass is 9.90. The highest BCUT2D eigenvalue weighted by Crippen LogP contribution is 2.21. The van der Waals surface area contributed by atoms with Gasteiger partial charge in [0.05, 0.1) is 0 Å². The zero-order chi connectivity index (χ0) is 12.0. The molecular weight excluding hydrogens is 202 g/mol. The van der Waals surface area contributed by atoms with Crippen LogP contribution in [-0.2, 0) is 0 Å². The third-order valence-electron chi connectivity index (χ3n) is 3.31. The second-order valence-electron chi connectivity index (χ2n) is 4.74.